The topological polar surface area (TPSA) is 66.1 Å². The molecule has 0 saturated carbocycles. The van der Waals surface area contributed by atoms with Gasteiger partial charge in [-0.1, -0.05) is 17.7 Å². The molecule has 0 radical (unpaired) electrons. The summed E-state index contributed by atoms with van der Waals surface area (Å²) >= 11 is 6.11. The molecule has 2 amide bonds. The molecule has 1 atom stereocenters. The van der Waals surface area contributed by atoms with Crippen molar-refractivity contribution in [1.82, 2.24) is 15.5 Å². The molecule has 1 saturated heterocycles. The highest BCUT2D eigenvalue weighted by Gasteiger charge is 2.22. The normalized spacial score (nSPS) is 18.4. The molecule has 4 rings (SSSR count). The van der Waals surface area contributed by atoms with Crippen LogP contribution < -0.4 is 25.0 Å². The van der Waals surface area contributed by atoms with Gasteiger partial charge in [-0.25, -0.2) is 4.79 Å². The van der Waals surface area contributed by atoms with Crippen molar-refractivity contribution < 1.29 is 14.3 Å². The maximum absolute atomic E-state index is 12.3. The molecule has 2 aliphatic heterocycles. The Morgan fingerprint density at radius 2 is 2.03 bits per heavy atom. The van der Waals surface area contributed by atoms with Gasteiger partial charge in [0.15, 0.2) is 0 Å². The average molecular weight is 459 g/mol. The van der Waals surface area contributed by atoms with Crippen molar-refractivity contribution in [2.75, 3.05) is 57.9 Å². The van der Waals surface area contributed by atoms with E-state index in [9.17, 15) is 4.79 Å². The number of piperazine rings is 1. The fraction of sp³-hybridized carbons (Fsp3) is 0.458. The number of amides is 2. The number of anilines is 1. The van der Waals surface area contributed by atoms with Gasteiger partial charge in [0.1, 0.15) is 18.1 Å². The number of nitrogens with one attached hydrogen (secondary N) is 2. The minimum absolute atomic E-state index is 0.0471. The van der Waals surface area contributed by atoms with E-state index >= 15 is 0 Å². The molecule has 0 unspecified atom stereocenters. The van der Waals surface area contributed by atoms with E-state index < -0.39 is 0 Å². The van der Waals surface area contributed by atoms with Crippen molar-refractivity contribution in [3.63, 3.8) is 0 Å². The van der Waals surface area contributed by atoms with Gasteiger partial charge in [0.25, 0.3) is 0 Å². The van der Waals surface area contributed by atoms with E-state index in [0.717, 1.165) is 67.7 Å². The molecule has 2 aliphatic rings. The third-order valence-corrected chi connectivity index (χ3v) is 6.23. The van der Waals surface area contributed by atoms with Crippen LogP contribution >= 0.6 is 11.6 Å². The predicted octanol–water partition coefficient (Wildman–Crippen LogP) is 3.16. The van der Waals surface area contributed by atoms with Gasteiger partial charge in [-0.05, 0) is 61.3 Å². The lowest BCUT2D eigenvalue weighted by atomic mass is 10.0. The Hall–Kier alpha value is -2.64. The van der Waals surface area contributed by atoms with Crippen molar-refractivity contribution in [3.8, 4) is 11.5 Å². The van der Waals surface area contributed by atoms with Crippen LogP contribution in [-0.4, -0.2) is 70.0 Å². The number of hydrogen-bond acceptors (Lipinski definition) is 5. The van der Waals surface area contributed by atoms with E-state index in [1.807, 2.05) is 36.4 Å². The number of methoxy groups -OCH3 is 1. The van der Waals surface area contributed by atoms with Crippen LogP contribution in [0.3, 0.4) is 0 Å². The Morgan fingerprint density at radius 1 is 1.19 bits per heavy atom. The first-order valence-electron chi connectivity index (χ1n) is 11.2. The quantitative estimate of drug-likeness (QED) is 0.624. The third kappa shape index (κ3) is 5.99. The lowest BCUT2D eigenvalue weighted by Crippen LogP contribution is -2.48. The van der Waals surface area contributed by atoms with Gasteiger partial charge in [0.05, 0.1) is 13.2 Å². The molecule has 7 nitrogen and oxygen atoms in total. The Balaban J connectivity index is 1.12. The highest BCUT2D eigenvalue weighted by molar-refractivity contribution is 6.30. The number of benzene rings is 2. The summed E-state index contributed by atoms with van der Waals surface area (Å²) < 4.78 is 11.1. The van der Waals surface area contributed by atoms with E-state index in [4.69, 9.17) is 21.1 Å². The molecule has 2 aromatic carbocycles. The summed E-state index contributed by atoms with van der Waals surface area (Å²) in [5.41, 5.74) is 2.24. The predicted molar refractivity (Wildman–Crippen MR) is 127 cm³/mol. The zero-order chi connectivity index (χ0) is 22.3. The lowest BCUT2D eigenvalue weighted by Gasteiger charge is -2.36. The van der Waals surface area contributed by atoms with E-state index in [-0.39, 0.29) is 12.1 Å². The summed E-state index contributed by atoms with van der Waals surface area (Å²) in [5, 5.41) is 6.77. The number of hydrogen-bond donors (Lipinski definition) is 2. The number of urea groups is 1. The van der Waals surface area contributed by atoms with E-state index in [1.54, 1.807) is 7.11 Å². The van der Waals surface area contributed by atoms with Crippen molar-refractivity contribution in [2.45, 2.75) is 18.9 Å². The summed E-state index contributed by atoms with van der Waals surface area (Å²) in [6, 6.07) is 13.6. The van der Waals surface area contributed by atoms with Crippen LogP contribution in [0.4, 0.5) is 10.5 Å². The van der Waals surface area contributed by atoms with Crippen molar-refractivity contribution in [3.05, 3.63) is 53.1 Å². The van der Waals surface area contributed by atoms with E-state index in [2.05, 4.69) is 26.5 Å². The molecule has 1 fully saturated rings. The summed E-state index contributed by atoms with van der Waals surface area (Å²) in [7, 11) is 1.65. The number of carbonyl (C=O) groups excluding carboxylic acids is 1. The highest BCUT2D eigenvalue weighted by Crippen LogP contribution is 2.28. The first kappa shape index (κ1) is 22.6. The molecule has 2 aromatic rings. The van der Waals surface area contributed by atoms with Crippen LogP contribution in [0, 0.1) is 0 Å². The molecule has 8 heteroatoms. The van der Waals surface area contributed by atoms with Gasteiger partial charge in [-0.2, -0.15) is 0 Å². The standard InChI is InChI=1S/C24H31ClN4O3/c1-31-22-6-7-23-18(15-22)14-20(17-32-23)27-24(30)26-8-3-9-28-10-12-29(13-11-28)21-5-2-4-19(25)16-21/h2,4-7,15-16,20H,3,8-14,17H2,1H3,(H2,26,27,30)/t20-/m1/s1. The zero-order valence-corrected chi connectivity index (χ0v) is 19.2. The highest BCUT2D eigenvalue weighted by atomic mass is 35.5. The smallest absolute Gasteiger partial charge is 0.315 e. The van der Waals surface area contributed by atoms with E-state index in [1.165, 1.54) is 5.69 Å². The SMILES string of the molecule is COc1ccc2c(c1)C[C@@H](NC(=O)NCCCN1CCN(c3cccc(Cl)c3)CC1)CO2. The van der Waals surface area contributed by atoms with Gasteiger partial charge >= 0.3 is 6.03 Å². The van der Waals surface area contributed by atoms with Gasteiger partial charge < -0.3 is 25.0 Å². The van der Waals surface area contributed by atoms with Crippen molar-refractivity contribution >= 4 is 23.3 Å². The van der Waals surface area contributed by atoms with Crippen LogP contribution in [0.1, 0.15) is 12.0 Å². The second-order valence-electron chi connectivity index (χ2n) is 8.25. The fourth-order valence-corrected chi connectivity index (χ4v) is 4.42. The molecule has 0 aliphatic carbocycles. The largest absolute Gasteiger partial charge is 0.497 e. The van der Waals surface area contributed by atoms with Gasteiger partial charge in [0.2, 0.25) is 0 Å². The monoisotopic (exact) mass is 458 g/mol. The number of fused-ring (bicyclic) bond motifs is 1. The van der Waals surface area contributed by atoms with Gasteiger partial charge in [-0.3, -0.25) is 4.90 Å². The third-order valence-electron chi connectivity index (χ3n) is 5.99. The molecular weight excluding hydrogens is 428 g/mol. The number of nitrogens with zero attached hydrogens (tertiary/aromatic N) is 2. The van der Waals surface area contributed by atoms with Crippen molar-refractivity contribution in [2.24, 2.45) is 0 Å². The number of halogens is 1. The molecule has 0 bridgehead atoms. The van der Waals surface area contributed by atoms with Crippen LogP contribution in [-0.2, 0) is 6.42 Å². The Bertz CT molecular complexity index is 918. The Kier molecular flexibility index (Phi) is 7.60. The van der Waals surface area contributed by atoms with Gasteiger partial charge in [-0.15, -0.1) is 0 Å². The maximum atomic E-state index is 12.3. The molecule has 32 heavy (non-hydrogen) atoms. The molecule has 0 spiro atoms. The number of ether oxygens (including phenoxy) is 2. The van der Waals surface area contributed by atoms with Crippen LogP contribution in [0.25, 0.3) is 0 Å². The Labute approximate surface area is 194 Å². The summed E-state index contributed by atoms with van der Waals surface area (Å²) in [6.45, 7) is 6.11. The fourth-order valence-electron chi connectivity index (χ4n) is 4.23. The molecule has 2 N–H and O–H groups in total. The summed E-state index contributed by atoms with van der Waals surface area (Å²) in [5.74, 6) is 1.66. The minimum atomic E-state index is -0.143. The summed E-state index contributed by atoms with van der Waals surface area (Å²) in [6.07, 6.45) is 1.66. The molecule has 0 aromatic heterocycles. The minimum Gasteiger partial charge on any atom is -0.497 e. The summed E-state index contributed by atoms with van der Waals surface area (Å²) in [4.78, 5) is 17.1. The molecule has 172 valence electrons. The molecule has 2 heterocycles. The van der Waals surface area contributed by atoms with Gasteiger partial charge in [0, 0.05) is 43.4 Å². The number of rotatable bonds is 7. The Morgan fingerprint density at radius 3 is 2.81 bits per heavy atom. The van der Waals surface area contributed by atoms with Crippen LogP contribution in [0.15, 0.2) is 42.5 Å². The zero-order valence-electron chi connectivity index (χ0n) is 18.5. The number of carbonyl (C=O) groups is 1. The second-order valence-corrected chi connectivity index (χ2v) is 8.68. The maximum Gasteiger partial charge on any atom is 0.315 e. The average Bonchev–Trinajstić information content (AvgIpc) is 2.82. The second kappa shape index (κ2) is 10.8. The lowest BCUT2D eigenvalue weighted by molar-refractivity contribution is 0.213. The molecular formula is C24H31ClN4O3. The van der Waals surface area contributed by atoms with Crippen molar-refractivity contribution in [1.29, 1.82) is 0 Å². The van der Waals surface area contributed by atoms with Crippen LogP contribution in [0.2, 0.25) is 5.02 Å². The first-order chi connectivity index (χ1) is 15.6. The van der Waals surface area contributed by atoms with E-state index in [0.29, 0.717) is 13.2 Å². The van der Waals surface area contributed by atoms with Crippen LogP contribution in [0.5, 0.6) is 11.5 Å². The first-order valence-corrected chi connectivity index (χ1v) is 11.6.